The summed E-state index contributed by atoms with van der Waals surface area (Å²) in [6.07, 6.45) is 0. The lowest BCUT2D eigenvalue weighted by atomic mass is 10.3. The van der Waals surface area contributed by atoms with Crippen LogP contribution in [0.4, 0.5) is 11.9 Å². The van der Waals surface area contributed by atoms with Crippen molar-refractivity contribution >= 4 is 23.5 Å². The molecule has 1 aromatic rings. The van der Waals surface area contributed by atoms with E-state index in [0.717, 1.165) is 0 Å². The van der Waals surface area contributed by atoms with Crippen LogP contribution in [0.3, 0.4) is 0 Å². The Bertz CT molecular complexity index is 363. The Kier molecular flexibility index (Phi) is 5.33. The van der Waals surface area contributed by atoms with E-state index in [4.69, 9.17) is 21.4 Å². The summed E-state index contributed by atoms with van der Waals surface area (Å²) in [5.74, 6) is 0.756. The maximum atomic E-state index is 9.11. The second-order valence-corrected chi connectivity index (χ2v) is 3.94. The first-order chi connectivity index (χ1) is 8.06. The van der Waals surface area contributed by atoms with E-state index in [0.29, 0.717) is 18.5 Å². The molecule has 2 N–H and O–H groups in total. The largest absolute Gasteiger partial charge is 0.394 e. The van der Waals surface area contributed by atoms with Crippen LogP contribution >= 0.6 is 11.6 Å². The summed E-state index contributed by atoms with van der Waals surface area (Å²) >= 11 is 5.78. The number of halogens is 1. The number of nitrogens with zero attached hydrogens (tertiary/aromatic N) is 4. The van der Waals surface area contributed by atoms with Gasteiger partial charge in [0, 0.05) is 21.2 Å². The lowest BCUT2D eigenvalue weighted by Crippen LogP contribution is -2.30. The zero-order chi connectivity index (χ0) is 12.8. The normalized spacial score (nSPS) is 12.3. The smallest absolute Gasteiger partial charge is 0.230 e. The third kappa shape index (κ3) is 4.29. The number of hydrogen-bond acceptors (Lipinski definition) is 7. The molecule has 1 rings (SSSR count). The van der Waals surface area contributed by atoms with E-state index in [9.17, 15) is 0 Å². The first-order valence-electron chi connectivity index (χ1n) is 5.02. The van der Waals surface area contributed by atoms with E-state index in [1.165, 1.54) is 0 Å². The van der Waals surface area contributed by atoms with Crippen molar-refractivity contribution in [2.24, 2.45) is 0 Å². The summed E-state index contributed by atoms with van der Waals surface area (Å²) in [6.45, 7) is 0.255. The molecular formula is C9H16ClN5O2. The highest BCUT2D eigenvalue weighted by Gasteiger charge is 2.11. The number of hydrogen-bond donors (Lipinski definition) is 2. The van der Waals surface area contributed by atoms with Gasteiger partial charge in [0.1, 0.15) is 0 Å². The highest BCUT2D eigenvalue weighted by Crippen LogP contribution is 2.12. The molecule has 0 radical (unpaired) electrons. The predicted molar refractivity (Wildman–Crippen MR) is 65.5 cm³/mol. The van der Waals surface area contributed by atoms with Crippen LogP contribution in [0.1, 0.15) is 0 Å². The first-order valence-corrected chi connectivity index (χ1v) is 5.39. The fraction of sp³-hybridized carbons (Fsp3) is 0.667. The summed E-state index contributed by atoms with van der Waals surface area (Å²) < 4.78 is 4.94. The molecule has 0 saturated carbocycles. The van der Waals surface area contributed by atoms with Gasteiger partial charge in [0.15, 0.2) is 0 Å². The first kappa shape index (κ1) is 13.9. The highest BCUT2D eigenvalue weighted by molar-refractivity contribution is 6.28. The molecule has 0 fully saturated rings. The quantitative estimate of drug-likeness (QED) is 0.746. The van der Waals surface area contributed by atoms with Gasteiger partial charge in [0.2, 0.25) is 17.2 Å². The minimum Gasteiger partial charge on any atom is -0.394 e. The Morgan fingerprint density at radius 2 is 2.12 bits per heavy atom. The summed E-state index contributed by atoms with van der Waals surface area (Å²) in [5, 5.41) is 12.1. The molecule has 0 aromatic carbocycles. The van der Waals surface area contributed by atoms with Crippen molar-refractivity contribution < 1.29 is 9.84 Å². The monoisotopic (exact) mass is 261 g/mol. The summed E-state index contributed by atoms with van der Waals surface area (Å²) in [4.78, 5) is 13.7. The Morgan fingerprint density at radius 1 is 1.41 bits per heavy atom. The van der Waals surface area contributed by atoms with Crippen LogP contribution in [0.5, 0.6) is 0 Å². The lowest BCUT2D eigenvalue weighted by molar-refractivity contribution is 0.153. The van der Waals surface area contributed by atoms with Crippen LogP contribution in [-0.4, -0.2) is 60.5 Å². The third-order valence-corrected chi connectivity index (χ3v) is 2.09. The standard InChI is InChI=1S/C9H16ClN5O2/c1-15(2)9-13-7(10)12-8(14-9)11-6(4-16)5-17-3/h6,16H,4-5H2,1-3H3,(H,11,12,13,14). The zero-order valence-corrected chi connectivity index (χ0v) is 10.8. The Labute approximate surface area is 105 Å². The number of aliphatic hydroxyl groups is 1. The molecule has 1 aromatic heterocycles. The number of ether oxygens (including phenoxy) is 1. The van der Waals surface area contributed by atoms with Gasteiger partial charge in [-0.05, 0) is 11.6 Å². The van der Waals surface area contributed by atoms with Gasteiger partial charge in [-0.2, -0.15) is 15.0 Å². The second kappa shape index (κ2) is 6.53. The maximum absolute atomic E-state index is 9.11. The number of nitrogens with one attached hydrogen (secondary N) is 1. The molecule has 0 bridgehead atoms. The minimum absolute atomic E-state index is 0.0888. The molecule has 96 valence electrons. The molecule has 1 atom stereocenters. The topological polar surface area (TPSA) is 83.4 Å². The van der Waals surface area contributed by atoms with Crippen molar-refractivity contribution in [1.29, 1.82) is 0 Å². The molecule has 1 heterocycles. The van der Waals surface area contributed by atoms with E-state index in [2.05, 4.69) is 20.3 Å². The molecule has 0 amide bonds. The van der Waals surface area contributed by atoms with Crippen molar-refractivity contribution in [3.05, 3.63) is 5.28 Å². The van der Waals surface area contributed by atoms with Gasteiger partial charge >= 0.3 is 0 Å². The predicted octanol–water partition coefficient (Wildman–Crippen LogP) is 0.0102. The Balaban J connectivity index is 2.82. The van der Waals surface area contributed by atoms with Crippen LogP contribution in [0.15, 0.2) is 0 Å². The van der Waals surface area contributed by atoms with Gasteiger partial charge in [-0.15, -0.1) is 0 Å². The molecule has 1 unspecified atom stereocenters. The van der Waals surface area contributed by atoms with Gasteiger partial charge in [0.25, 0.3) is 0 Å². The van der Waals surface area contributed by atoms with Crippen molar-refractivity contribution in [1.82, 2.24) is 15.0 Å². The van der Waals surface area contributed by atoms with E-state index in [1.807, 2.05) is 0 Å². The lowest BCUT2D eigenvalue weighted by Gasteiger charge is -2.16. The molecular weight excluding hydrogens is 246 g/mol. The van der Waals surface area contributed by atoms with Crippen LogP contribution < -0.4 is 10.2 Å². The van der Waals surface area contributed by atoms with Crippen molar-refractivity contribution in [2.75, 3.05) is 44.6 Å². The van der Waals surface area contributed by atoms with Crippen LogP contribution in [0, 0.1) is 0 Å². The molecule has 0 aliphatic rings. The van der Waals surface area contributed by atoms with Crippen molar-refractivity contribution in [3.8, 4) is 0 Å². The maximum Gasteiger partial charge on any atom is 0.230 e. The average molecular weight is 262 g/mol. The van der Waals surface area contributed by atoms with E-state index in [-0.39, 0.29) is 17.9 Å². The second-order valence-electron chi connectivity index (χ2n) is 3.60. The average Bonchev–Trinajstić information content (AvgIpc) is 2.27. The summed E-state index contributed by atoms with van der Waals surface area (Å²) in [5.41, 5.74) is 0. The fourth-order valence-electron chi connectivity index (χ4n) is 1.13. The number of aromatic nitrogens is 3. The molecule has 8 heteroatoms. The number of aliphatic hydroxyl groups excluding tert-OH is 1. The van der Waals surface area contributed by atoms with Crippen LogP contribution in [0.2, 0.25) is 5.28 Å². The van der Waals surface area contributed by atoms with Crippen LogP contribution in [0.25, 0.3) is 0 Å². The van der Waals surface area contributed by atoms with Crippen molar-refractivity contribution in [3.63, 3.8) is 0 Å². The summed E-state index contributed by atoms with van der Waals surface area (Å²) in [7, 11) is 5.15. The highest BCUT2D eigenvalue weighted by atomic mass is 35.5. The van der Waals surface area contributed by atoms with Gasteiger partial charge in [-0.25, -0.2) is 0 Å². The van der Waals surface area contributed by atoms with Gasteiger partial charge in [-0.1, -0.05) is 0 Å². The molecule has 0 aliphatic heterocycles. The van der Waals surface area contributed by atoms with Gasteiger partial charge in [-0.3, -0.25) is 0 Å². The van der Waals surface area contributed by atoms with E-state index < -0.39 is 0 Å². The number of anilines is 2. The molecule has 0 saturated heterocycles. The summed E-state index contributed by atoms with van der Waals surface area (Å²) in [6, 6.07) is -0.284. The Hall–Kier alpha value is -1.18. The molecule has 7 nitrogen and oxygen atoms in total. The number of rotatable bonds is 6. The van der Waals surface area contributed by atoms with Crippen LogP contribution in [-0.2, 0) is 4.74 Å². The SMILES string of the molecule is COCC(CO)Nc1nc(Cl)nc(N(C)C)n1. The van der Waals surface area contributed by atoms with Crippen molar-refractivity contribution in [2.45, 2.75) is 6.04 Å². The third-order valence-electron chi connectivity index (χ3n) is 1.92. The van der Waals surface area contributed by atoms with Gasteiger partial charge < -0.3 is 20.1 Å². The van der Waals surface area contributed by atoms with E-state index in [1.54, 1.807) is 26.1 Å². The Morgan fingerprint density at radius 3 is 2.65 bits per heavy atom. The molecule has 17 heavy (non-hydrogen) atoms. The minimum atomic E-state index is -0.284. The fourth-order valence-corrected chi connectivity index (χ4v) is 1.28. The van der Waals surface area contributed by atoms with Gasteiger partial charge in [0.05, 0.1) is 19.3 Å². The molecule has 0 spiro atoms. The van der Waals surface area contributed by atoms with E-state index >= 15 is 0 Å². The zero-order valence-electron chi connectivity index (χ0n) is 10.0. The molecule has 0 aliphatic carbocycles. The number of methoxy groups -OCH3 is 1.